The lowest BCUT2D eigenvalue weighted by molar-refractivity contribution is -0.137. The molecule has 1 aromatic carbocycles. The lowest BCUT2D eigenvalue weighted by Gasteiger charge is -2.13. The van der Waals surface area contributed by atoms with Crippen LogP contribution in [0.3, 0.4) is 0 Å². The fraction of sp³-hybridized carbons (Fsp3) is 0.714. The first-order valence-corrected chi connectivity index (χ1v) is 13.3. The SMILES string of the molecule is CCCCCCCCOc1ccc(OC(=O)CCCCCC)c(OC(=O)CCCCCC)c1. The standard InChI is InChI=1S/C28H46O5/c1-4-7-10-13-14-17-22-31-24-20-21-25(32-27(29)18-15-11-8-5-2)26(23-24)33-28(30)19-16-12-9-6-3/h20-21,23H,4-19,22H2,1-3H3. The van der Waals surface area contributed by atoms with Crippen LogP contribution in [0.1, 0.15) is 124 Å². The smallest absolute Gasteiger partial charge is 0.311 e. The molecule has 0 unspecified atom stereocenters. The second-order valence-electron chi connectivity index (χ2n) is 8.79. The second-order valence-corrected chi connectivity index (χ2v) is 8.79. The normalized spacial score (nSPS) is 10.8. The average Bonchev–Trinajstić information content (AvgIpc) is 2.80. The summed E-state index contributed by atoms with van der Waals surface area (Å²) in [6, 6.07) is 5.11. The first-order valence-electron chi connectivity index (χ1n) is 13.3. The van der Waals surface area contributed by atoms with E-state index in [2.05, 4.69) is 20.8 Å². The highest BCUT2D eigenvalue weighted by Crippen LogP contribution is 2.33. The minimum atomic E-state index is -0.306. The summed E-state index contributed by atoms with van der Waals surface area (Å²) in [5.74, 6) is 0.564. The Balaban J connectivity index is 2.66. The molecule has 5 heteroatoms. The molecular formula is C28H46O5. The van der Waals surface area contributed by atoms with Crippen LogP contribution in [0.15, 0.2) is 18.2 Å². The molecule has 0 fully saturated rings. The van der Waals surface area contributed by atoms with Crippen molar-refractivity contribution in [1.29, 1.82) is 0 Å². The highest BCUT2D eigenvalue weighted by atomic mass is 16.6. The minimum Gasteiger partial charge on any atom is -0.493 e. The van der Waals surface area contributed by atoms with Crippen LogP contribution >= 0.6 is 0 Å². The Morgan fingerprint density at radius 3 is 1.67 bits per heavy atom. The van der Waals surface area contributed by atoms with E-state index >= 15 is 0 Å². The predicted octanol–water partition coefficient (Wildman–Crippen LogP) is 8.18. The van der Waals surface area contributed by atoms with E-state index in [4.69, 9.17) is 14.2 Å². The molecule has 1 aromatic rings. The van der Waals surface area contributed by atoms with Gasteiger partial charge >= 0.3 is 11.9 Å². The maximum absolute atomic E-state index is 12.4. The summed E-state index contributed by atoms with van der Waals surface area (Å²) in [7, 11) is 0. The third kappa shape index (κ3) is 14.7. The summed E-state index contributed by atoms with van der Waals surface area (Å²) >= 11 is 0. The zero-order chi connectivity index (χ0) is 24.2. The quantitative estimate of drug-likeness (QED) is 0.111. The van der Waals surface area contributed by atoms with Gasteiger partial charge in [-0.1, -0.05) is 91.4 Å². The van der Waals surface area contributed by atoms with Crippen molar-refractivity contribution in [3.63, 3.8) is 0 Å². The molecule has 0 saturated heterocycles. The van der Waals surface area contributed by atoms with Gasteiger partial charge in [0.05, 0.1) is 6.61 Å². The van der Waals surface area contributed by atoms with Crippen molar-refractivity contribution in [2.75, 3.05) is 6.61 Å². The number of carbonyl (C=O) groups is 2. The van der Waals surface area contributed by atoms with Crippen LogP contribution in [0, 0.1) is 0 Å². The molecule has 0 radical (unpaired) electrons. The molecular weight excluding hydrogens is 416 g/mol. The molecule has 0 spiro atoms. The highest BCUT2D eigenvalue weighted by molar-refractivity contribution is 5.76. The van der Waals surface area contributed by atoms with Crippen molar-refractivity contribution in [3.8, 4) is 17.2 Å². The Morgan fingerprint density at radius 1 is 0.606 bits per heavy atom. The Morgan fingerprint density at radius 2 is 1.09 bits per heavy atom. The van der Waals surface area contributed by atoms with E-state index < -0.39 is 0 Å². The Hall–Kier alpha value is -2.04. The summed E-state index contributed by atoms with van der Waals surface area (Å²) in [4.78, 5) is 24.6. The molecule has 33 heavy (non-hydrogen) atoms. The monoisotopic (exact) mass is 462 g/mol. The van der Waals surface area contributed by atoms with Gasteiger partial charge in [0, 0.05) is 18.9 Å². The summed E-state index contributed by atoms with van der Waals surface area (Å²) in [6.45, 7) is 7.11. The number of esters is 2. The fourth-order valence-corrected chi connectivity index (χ4v) is 3.55. The van der Waals surface area contributed by atoms with Crippen molar-refractivity contribution in [2.45, 2.75) is 124 Å². The van der Waals surface area contributed by atoms with Gasteiger partial charge in [0.15, 0.2) is 11.5 Å². The molecule has 0 N–H and O–H groups in total. The van der Waals surface area contributed by atoms with Crippen LogP contribution in [-0.2, 0) is 9.59 Å². The maximum Gasteiger partial charge on any atom is 0.311 e. The second kappa shape index (κ2) is 19.4. The van der Waals surface area contributed by atoms with Crippen molar-refractivity contribution < 1.29 is 23.8 Å². The molecule has 0 bridgehead atoms. The van der Waals surface area contributed by atoms with Crippen molar-refractivity contribution >= 4 is 11.9 Å². The highest BCUT2D eigenvalue weighted by Gasteiger charge is 2.15. The van der Waals surface area contributed by atoms with Gasteiger partial charge in [-0.05, 0) is 31.4 Å². The van der Waals surface area contributed by atoms with E-state index in [-0.39, 0.29) is 23.4 Å². The topological polar surface area (TPSA) is 61.8 Å². The van der Waals surface area contributed by atoms with Crippen LogP contribution in [0.5, 0.6) is 17.2 Å². The molecule has 0 saturated carbocycles. The molecule has 0 amide bonds. The van der Waals surface area contributed by atoms with Crippen LogP contribution < -0.4 is 14.2 Å². The molecule has 5 nitrogen and oxygen atoms in total. The number of rotatable bonds is 20. The van der Waals surface area contributed by atoms with E-state index in [1.807, 2.05) is 0 Å². The van der Waals surface area contributed by atoms with E-state index in [0.717, 1.165) is 64.2 Å². The van der Waals surface area contributed by atoms with Crippen molar-refractivity contribution in [3.05, 3.63) is 18.2 Å². The molecule has 0 heterocycles. The fourth-order valence-electron chi connectivity index (χ4n) is 3.55. The number of unbranched alkanes of at least 4 members (excludes halogenated alkanes) is 11. The van der Waals surface area contributed by atoms with Gasteiger partial charge in [0.2, 0.25) is 0 Å². The number of carbonyl (C=O) groups excluding carboxylic acids is 2. The van der Waals surface area contributed by atoms with Crippen LogP contribution in [0.4, 0.5) is 0 Å². The Labute approximate surface area is 201 Å². The van der Waals surface area contributed by atoms with Gasteiger partial charge in [0.25, 0.3) is 0 Å². The number of hydrogen-bond acceptors (Lipinski definition) is 5. The largest absolute Gasteiger partial charge is 0.493 e. The lowest BCUT2D eigenvalue weighted by atomic mass is 10.1. The van der Waals surface area contributed by atoms with Gasteiger partial charge in [-0.25, -0.2) is 0 Å². The summed E-state index contributed by atoms with van der Waals surface area (Å²) in [5.41, 5.74) is 0. The van der Waals surface area contributed by atoms with Gasteiger partial charge in [-0.15, -0.1) is 0 Å². The van der Waals surface area contributed by atoms with Gasteiger partial charge in [-0.2, -0.15) is 0 Å². The number of ether oxygens (including phenoxy) is 3. The molecule has 0 aliphatic carbocycles. The van der Waals surface area contributed by atoms with Crippen LogP contribution in [0.25, 0.3) is 0 Å². The zero-order valence-corrected chi connectivity index (χ0v) is 21.3. The van der Waals surface area contributed by atoms with Gasteiger partial charge < -0.3 is 14.2 Å². The minimum absolute atomic E-state index is 0.262. The number of benzene rings is 1. The molecule has 0 aliphatic rings. The molecule has 0 aliphatic heterocycles. The average molecular weight is 463 g/mol. The third-order valence-corrected chi connectivity index (χ3v) is 5.60. The van der Waals surface area contributed by atoms with Crippen LogP contribution in [0.2, 0.25) is 0 Å². The van der Waals surface area contributed by atoms with Crippen molar-refractivity contribution in [1.82, 2.24) is 0 Å². The van der Waals surface area contributed by atoms with E-state index in [1.165, 1.54) is 25.7 Å². The molecule has 0 atom stereocenters. The predicted molar refractivity (Wildman–Crippen MR) is 134 cm³/mol. The Bertz CT molecular complexity index is 656. The van der Waals surface area contributed by atoms with E-state index in [9.17, 15) is 9.59 Å². The van der Waals surface area contributed by atoms with Crippen molar-refractivity contribution in [2.24, 2.45) is 0 Å². The molecule has 1 rings (SSSR count). The third-order valence-electron chi connectivity index (χ3n) is 5.60. The lowest BCUT2D eigenvalue weighted by Crippen LogP contribution is -2.12. The summed E-state index contributed by atoms with van der Waals surface area (Å²) in [6.07, 6.45) is 16.0. The molecule has 188 valence electrons. The van der Waals surface area contributed by atoms with E-state index in [1.54, 1.807) is 18.2 Å². The van der Waals surface area contributed by atoms with Gasteiger partial charge in [-0.3, -0.25) is 9.59 Å². The number of hydrogen-bond donors (Lipinski definition) is 0. The molecule has 0 aromatic heterocycles. The van der Waals surface area contributed by atoms with Gasteiger partial charge in [0.1, 0.15) is 5.75 Å². The summed E-state index contributed by atoms with van der Waals surface area (Å²) in [5, 5.41) is 0. The van der Waals surface area contributed by atoms with E-state index in [0.29, 0.717) is 25.2 Å². The Kier molecular flexibility index (Phi) is 17.1. The summed E-state index contributed by atoms with van der Waals surface area (Å²) < 4.78 is 17.0. The maximum atomic E-state index is 12.4. The first kappa shape index (κ1) is 29.0. The zero-order valence-electron chi connectivity index (χ0n) is 21.3. The first-order chi connectivity index (χ1) is 16.1. The van der Waals surface area contributed by atoms with Crippen LogP contribution in [-0.4, -0.2) is 18.5 Å².